The molecule has 0 spiro atoms. The Labute approximate surface area is 111 Å². The summed E-state index contributed by atoms with van der Waals surface area (Å²) in [5.41, 5.74) is 0.515. The summed E-state index contributed by atoms with van der Waals surface area (Å²) in [6.07, 6.45) is 0. The average Bonchev–Trinajstić information content (AvgIpc) is 2.45. The Balaban J connectivity index is 2.15. The van der Waals surface area contributed by atoms with Crippen molar-refractivity contribution in [3.05, 3.63) is 35.9 Å². The van der Waals surface area contributed by atoms with Crippen molar-refractivity contribution in [2.45, 2.75) is 0 Å². The first-order valence-electron chi connectivity index (χ1n) is 6.02. The number of aliphatic hydroxyl groups is 1. The zero-order valence-electron chi connectivity index (χ0n) is 10.6. The Morgan fingerprint density at radius 2 is 1.84 bits per heavy atom. The number of rotatable bonds is 8. The highest BCUT2D eigenvalue weighted by atomic mass is 16.5. The molecule has 0 aromatic heterocycles. The number of ether oxygens (including phenoxy) is 1. The maximum absolute atomic E-state index is 11.6. The van der Waals surface area contributed by atoms with Crippen molar-refractivity contribution in [3.8, 4) is 0 Å². The largest absolute Gasteiger partial charge is 0.394 e. The van der Waals surface area contributed by atoms with Crippen LogP contribution in [0.2, 0.25) is 0 Å². The highest BCUT2D eigenvalue weighted by Crippen LogP contribution is 1.96. The van der Waals surface area contributed by atoms with E-state index in [1.54, 1.807) is 24.3 Å². The monoisotopic (exact) mass is 266 g/mol. The quantitative estimate of drug-likeness (QED) is 0.556. The topological polar surface area (TPSA) is 87.7 Å². The molecular weight excluding hydrogens is 248 g/mol. The summed E-state index contributed by atoms with van der Waals surface area (Å²) in [6.45, 7) is 0.814. The summed E-state index contributed by atoms with van der Waals surface area (Å²) in [5, 5.41) is 13.6. The molecule has 6 nitrogen and oxygen atoms in total. The average molecular weight is 266 g/mol. The molecule has 0 aliphatic carbocycles. The van der Waals surface area contributed by atoms with Crippen molar-refractivity contribution in [2.24, 2.45) is 0 Å². The molecule has 0 heterocycles. The molecule has 0 bridgehead atoms. The molecule has 0 saturated heterocycles. The molecular formula is C13H18N2O4. The van der Waals surface area contributed by atoms with E-state index in [0.717, 1.165) is 0 Å². The van der Waals surface area contributed by atoms with Crippen molar-refractivity contribution < 1.29 is 19.4 Å². The van der Waals surface area contributed by atoms with Crippen LogP contribution in [0.1, 0.15) is 10.4 Å². The molecule has 0 radical (unpaired) electrons. The van der Waals surface area contributed by atoms with Gasteiger partial charge >= 0.3 is 0 Å². The van der Waals surface area contributed by atoms with Crippen molar-refractivity contribution >= 4 is 11.8 Å². The number of carbonyl (C=O) groups is 2. The molecule has 0 saturated carbocycles. The Morgan fingerprint density at radius 3 is 2.53 bits per heavy atom. The standard InChI is InChI=1S/C13H18N2O4/c16-7-9-19-8-6-14-12(17)10-15-13(18)11-4-2-1-3-5-11/h1-5,16H,6-10H2,(H,14,17)(H,15,18). The van der Waals surface area contributed by atoms with Crippen LogP contribution in [-0.4, -0.2) is 49.8 Å². The van der Waals surface area contributed by atoms with Gasteiger partial charge in [0.15, 0.2) is 0 Å². The third-order valence-corrected chi connectivity index (χ3v) is 2.25. The molecule has 0 aliphatic rings. The molecule has 1 aromatic rings. The van der Waals surface area contributed by atoms with Crippen molar-refractivity contribution in [2.75, 3.05) is 32.9 Å². The highest BCUT2D eigenvalue weighted by molar-refractivity contribution is 5.96. The number of aliphatic hydroxyl groups excluding tert-OH is 1. The number of amides is 2. The minimum atomic E-state index is -0.285. The van der Waals surface area contributed by atoms with Crippen LogP contribution in [0.25, 0.3) is 0 Å². The van der Waals surface area contributed by atoms with Gasteiger partial charge in [-0.3, -0.25) is 9.59 Å². The summed E-state index contributed by atoms with van der Waals surface area (Å²) in [7, 11) is 0. The van der Waals surface area contributed by atoms with Crippen LogP contribution in [0.4, 0.5) is 0 Å². The number of hydrogen-bond acceptors (Lipinski definition) is 4. The SMILES string of the molecule is O=C(CNC(=O)c1ccccc1)NCCOCCO. The fourth-order valence-corrected chi connectivity index (χ4v) is 1.34. The van der Waals surface area contributed by atoms with Gasteiger partial charge in [-0.05, 0) is 12.1 Å². The third kappa shape index (κ3) is 6.54. The van der Waals surface area contributed by atoms with Crippen LogP contribution in [-0.2, 0) is 9.53 Å². The molecule has 0 fully saturated rings. The van der Waals surface area contributed by atoms with E-state index in [1.807, 2.05) is 6.07 Å². The molecule has 0 unspecified atom stereocenters. The predicted octanol–water partition coefficient (Wildman–Crippen LogP) is -0.458. The lowest BCUT2D eigenvalue weighted by molar-refractivity contribution is -0.120. The van der Waals surface area contributed by atoms with Crippen LogP contribution in [0.15, 0.2) is 30.3 Å². The molecule has 2 amide bonds. The van der Waals surface area contributed by atoms with E-state index in [1.165, 1.54) is 0 Å². The van der Waals surface area contributed by atoms with E-state index < -0.39 is 0 Å². The van der Waals surface area contributed by atoms with E-state index in [4.69, 9.17) is 9.84 Å². The van der Waals surface area contributed by atoms with Crippen LogP contribution in [0.5, 0.6) is 0 Å². The Morgan fingerprint density at radius 1 is 1.11 bits per heavy atom. The highest BCUT2D eigenvalue weighted by Gasteiger charge is 2.06. The number of benzene rings is 1. The fraction of sp³-hybridized carbons (Fsp3) is 0.385. The van der Waals surface area contributed by atoms with E-state index in [0.29, 0.717) is 18.7 Å². The van der Waals surface area contributed by atoms with Crippen molar-refractivity contribution in [3.63, 3.8) is 0 Å². The number of hydrogen-bond donors (Lipinski definition) is 3. The Hall–Kier alpha value is -1.92. The van der Waals surface area contributed by atoms with Crippen LogP contribution in [0.3, 0.4) is 0 Å². The van der Waals surface area contributed by atoms with E-state index in [-0.39, 0.29) is 31.6 Å². The van der Waals surface area contributed by atoms with Gasteiger partial charge in [-0.25, -0.2) is 0 Å². The van der Waals surface area contributed by atoms with Crippen LogP contribution < -0.4 is 10.6 Å². The first kappa shape index (κ1) is 15.1. The Kier molecular flexibility index (Phi) is 7.23. The van der Waals surface area contributed by atoms with E-state index in [2.05, 4.69) is 10.6 Å². The lowest BCUT2D eigenvalue weighted by Gasteiger charge is -2.07. The zero-order valence-corrected chi connectivity index (χ0v) is 10.6. The number of nitrogens with one attached hydrogen (secondary N) is 2. The van der Waals surface area contributed by atoms with Gasteiger partial charge in [-0.2, -0.15) is 0 Å². The first-order valence-corrected chi connectivity index (χ1v) is 6.02. The normalized spacial score (nSPS) is 9.95. The molecule has 1 rings (SSSR count). The molecule has 19 heavy (non-hydrogen) atoms. The summed E-state index contributed by atoms with van der Waals surface area (Å²) < 4.78 is 4.98. The summed E-state index contributed by atoms with van der Waals surface area (Å²) in [4.78, 5) is 23.0. The lowest BCUT2D eigenvalue weighted by atomic mass is 10.2. The van der Waals surface area contributed by atoms with Gasteiger partial charge in [0.2, 0.25) is 5.91 Å². The van der Waals surface area contributed by atoms with Crippen LogP contribution in [0, 0.1) is 0 Å². The minimum absolute atomic E-state index is 0.0406. The molecule has 3 N–H and O–H groups in total. The maximum Gasteiger partial charge on any atom is 0.251 e. The first-order chi connectivity index (χ1) is 9.24. The second-order valence-electron chi connectivity index (χ2n) is 3.73. The number of carbonyl (C=O) groups excluding carboxylic acids is 2. The molecule has 0 atom stereocenters. The lowest BCUT2D eigenvalue weighted by Crippen LogP contribution is -2.38. The fourth-order valence-electron chi connectivity index (χ4n) is 1.34. The minimum Gasteiger partial charge on any atom is -0.394 e. The zero-order chi connectivity index (χ0) is 13.9. The van der Waals surface area contributed by atoms with Gasteiger partial charge in [0.05, 0.1) is 26.4 Å². The molecule has 6 heteroatoms. The van der Waals surface area contributed by atoms with Gasteiger partial charge in [-0.15, -0.1) is 0 Å². The smallest absolute Gasteiger partial charge is 0.251 e. The van der Waals surface area contributed by atoms with Crippen molar-refractivity contribution in [1.29, 1.82) is 0 Å². The molecule has 104 valence electrons. The molecule has 1 aromatic carbocycles. The maximum atomic E-state index is 11.6. The van der Waals surface area contributed by atoms with Gasteiger partial charge in [0, 0.05) is 12.1 Å². The van der Waals surface area contributed by atoms with Gasteiger partial charge in [0.25, 0.3) is 5.91 Å². The second-order valence-corrected chi connectivity index (χ2v) is 3.73. The van der Waals surface area contributed by atoms with Crippen LogP contribution >= 0.6 is 0 Å². The Bertz CT molecular complexity index is 395. The van der Waals surface area contributed by atoms with E-state index >= 15 is 0 Å². The van der Waals surface area contributed by atoms with Gasteiger partial charge in [-0.1, -0.05) is 18.2 Å². The van der Waals surface area contributed by atoms with Crippen molar-refractivity contribution in [1.82, 2.24) is 10.6 Å². The third-order valence-electron chi connectivity index (χ3n) is 2.25. The summed E-state index contributed by atoms with van der Waals surface area (Å²) in [6, 6.07) is 8.68. The predicted molar refractivity (Wildman–Crippen MR) is 69.7 cm³/mol. The molecule has 0 aliphatic heterocycles. The second kappa shape index (κ2) is 9.07. The van der Waals surface area contributed by atoms with E-state index in [9.17, 15) is 9.59 Å². The van der Waals surface area contributed by atoms with Gasteiger partial charge < -0.3 is 20.5 Å². The van der Waals surface area contributed by atoms with Gasteiger partial charge in [0.1, 0.15) is 0 Å². The summed E-state index contributed by atoms with van der Waals surface area (Å²) >= 11 is 0. The summed E-state index contributed by atoms with van der Waals surface area (Å²) in [5.74, 6) is -0.566.